The smallest absolute Gasteiger partial charge is 0.251 e. The highest BCUT2D eigenvalue weighted by molar-refractivity contribution is 5.97. The summed E-state index contributed by atoms with van der Waals surface area (Å²) in [5, 5.41) is 2.86. The van der Waals surface area contributed by atoms with E-state index in [2.05, 4.69) is 39.1 Å². The molecule has 1 N–H and O–H groups in total. The highest BCUT2D eigenvalue weighted by Gasteiger charge is 2.30. The van der Waals surface area contributed by atoms with Crippen LogP contribution < -0.4 is 10.2 Å². The second kappa shape index (κ2) is 7.55. The second-order valence-electron chi connectivity index (χ2n) is 8.28. The maximum Gasteiger partial charge on any atom is 0.251 e. The van der Waals surface area contributed by atoms with Crippen molar-refractivity contribution in [1.82, 2.24) is 5.32 Å². The van der Waals surface area contributed by atoms with Gasteiger partial charge in [0, 0.05) is 30.3 Å². The Kier molecular flexibility index (Phi) is 5.36. The van der Waals surface area contributed by atoms with E-state index in [0.29, 0.717) is 18.5 Å². The van der Waals surface area contributed by atoms with E-state index in [0.717, 1.165) is 12.1 Å². The summed E-state index contributed by atoms with van der Waals surface area (Å²) in [6, 6.07) is 15.9. The SMILES string of the molecule is C[C@H]1Cc2ccccc2N1C(=O)CCNC(=O)c1ccc(C(C)(C)C)cc1. The van der Waals surface area contributed by atoms with Crippen molar-refractivity contribution in [2.45, 2.75) is 52.0 Å². The number of amides is 2. The fourth-order valence-corrected chi connectivity index (χ4v) is 3.57. The van der Waals surface area contributed by atoms with E-state index in [4.69, 9.17) is 0 Å². The van der Waals surface area contributed by atoms with Crippen molar-refractivity contribution in [1.29, 1.82) is 0 Å². The summed E-state index contributed by atoms with van der Waals surface area (Å²) in [6.07, 6.45) is 1.18. The van der Waals surface area contributed by atoms with Crippen LogP contribution in [0.15, 0.2) is 48.5 Å². The van der Waals surface area contributed by atoms with Gasteiger partial charge in [-0.25, -0.2) is 0 Å². The van der Waals surface area contributed by atoms with Crippen LogP contribution in [0, 0.1) is 0 Å². The number of rotatable bonds is 4. The molecule has 2 aromatic rings. The molecular weight excluding hydrogens is 336 g/mol. The number of nitrogens with one attached hydrogen (secondary N) is 1. The van der Waals surface area contributed by atoms with Gasteiger partial charge in [0.1, 0.15) is 0 Å². The van der Waals surface area contributed by atoms with E-state index in [-0.39, 0.29) is 23.3 Å². The van der Waals surface area contributed by atoms with Gasteiger partial charge < -0.3 is 10.2 Å². The predicted octanol–water partition coefficient (Wildman–Crippen LogP) is 4.08. The van der Waals surface area contributed by atoms with Crippen molar-refractivity contribution in [3.8, 4) is 0 Å². The first-order valence-corrected chi connectivity index (χ1v) is 9.56. The third-order valence-corrected chi connectivity index (χ3v) is 5.11. The molecule has 0 bridgehead atoms. The standard InChI is InChI=1S/C23H28N2O2/c1-16-15-18-7-5-6-8-20(18)25(16)21(26)13-14-24-22(27)17-9-11-19(12-10-17)23(2,3)4/h5-12,16H,13-15H2,1-4H3,(H,24,27)/t16-/m0/s1. The van der Waals surface area contributed by atoms with Gasteiger partial charge in [0.15, 0.2) is 0 Å². The van der Waals surface area contributed by atoms with Gasteiger partial charge in [-0.2, -0.15) is 0 Å². The number of anilines is 1. The molecule has 0 aliphatic carbocycles. The topological polar surface area (TPSA) is 49.4 Å². The number of para-hydroxylation sites is 1. The van der Waals surface area contributed by atoms with Gasteiger partial charge in [0.2, 0.25) is 5.91 Å². The number of nitrogens with zero attached hydrogens (tertiary/aromatic N) is 1. The van der Waals surface area contributed by atoms with E-state index in [9.17, 15) is 9.59 Å². The maximum absolute atomic E-state index is 12.7. The third-order valence-electron chi connectivity index (χ3n) is 5.11. The van der Waals surface area contributed by atoms with Crippen molar-refractivity contribution < 1.29 is 9.59 Å². The quantitative estimate of drug-likeness (QED) is 0.889. The first-order valence-electron chi connectivity index (χ1n) is 9.56. The number of carbonyl (C=O) groups excluding carboxylic acids is 2. The lowest BCUT2D eigenvalue weighted by Crippen LogP contribution is -2.38. The average molecular weight is 364 g/mol. The van der Waals surface area contributed by atoms with Crippen LogP contribution in [0.1, 0.15) is 55.6 Å². The van der Waals surface area contributed by atoms with Gasteiger partial charge in [-0.1, -0.05) is 51.1 Å². The van der Waals surface area contributed by atoms with E-state index >= 15 is 0 Å². The number of hydrogen-bond donors (Lipinski definition) is 1. The molecule has 1 aliphatic heterocycles. The molecule has 27 heavy (non-hydrogen) atoms. The van der Waals surface area contributed by atoms with Gasteiger partial charge in [0.25, 0.3) is 5.91 Å². The highest BCUT2D eigenvalue weighted by atomic mass is 16.2. The Balaban J connectivity index is 1.55. The maximum atomic E-state index is 12.7. The Hall–Kier alpha value is -2.62. The molecule has 0 unspecified atom stereocenters. The molecule has 1 heterocycles. The molecule has 4 heteroatoms. The summed E-state index contributed by atoms with van der Waals surface area (Å²) in [4.78, 5) is 26.9. The summed E-state index contributed by atoms with van der Waals surface area (Å²) in [7, 11) is 0. The molecule has 0 saturated carbocycles. The molecule has 0 fully saturated rings. The van der Waals surface area contributed by atoms with Crippen LogP contribution in [0.4, 0.5) is 5.69 Å². The lowest BCUT2D eigenvalue weighted by Gasteiger charge is -2.23. The monoisotopic (exact) mass is 364 g/mol. The number of fused-ring (bicyclic) bond motifs is 1. The molecule has 0 aromatic heterocycles. The summed E-state index contributed by atoms with van der Waals surface area (Å²) in [5.74, 6) is -0.0889. The molecule has 0 saturated heterocycles. The van der Waals surface area contributed by atoms with E-state index < -0.39 is 0 Å². The molecular formula is C23H28N2O2. The minimum atomic E-state index is -0.141. The van der Waals surface area contributed by atoms with Crippen LogP contribution in [0.3, 0.4) is 0 Å². The van der Waals surface area contributed by atoms with Crippen molar-refractivity contribution in [2.75, 3.05) is 11.4 Å². The first kappa shape index (κ1) is 19.2. The molecule has 1 aliphatic rings. The van der Waals surface area contributed by atoms with Crippen LogP contribution in [0.25, 0.3) is 0 Å². The molecule has 4 nitrogen and oxygen atoms in total. The van der Waals surface area contributed by atoms with Gasteiger partial charge in [0.05, 0.1) is 0 Å². The Morgan fingerprint density at radius 1 is 1.07 bits per heavy atom. The minimum absolute atomic E-state index is 0.0517. The lowest BCUT2D eigenvalue weighted by atomic mass is 9.87. The summed E-state index contributed by atoms with van der Waals surface area (Å²) in [6.45, 7) is 8.83. The summed E-state index contributed by atoms with van der Waals surface area (Å²) >= 11 is 0. The summed E-state index contributed by atoms with van der Waals surface area (Å²) < 4.78 is 0. The largest absolute Gasteiger partial charge is 0.352 e. The average Bonchev–Trinajstić information content (AvgIpc) is 2.96. The Labute approximate surface area is 161 Å². The van der Waals surface area contributed by atoms with Crippen molar-refractivity contribution in [3.63, 3.8) is 0 Å². The van der Waals surface area contributed by atoms with Crippen molar-refractivity contribution >= 4 is 17.5 Å². The molecule has 2 amide bonds. The van der Waals surface area contributed by atoms with Crippen LogP contribution >= 0.6 is 0 Å². The minimum Gasteiger partial charge on any atom is -0.352 e. The van der Waals surface area contributed by atoms with Crippen LogP contribution in [0.2, 0.25) is 0 Å². The zero-order chi connectivity index (χ0) is 19.6. The Bertz CT molecular complexity index is 834. The zero-order valence-electron chi connectivity index (χ0n) is 16.6. The molecule has 3 rings (SSSR count). The molecule has 2 aromatic carbocycles. The number of benzene rings is 2. The normalized spacial score (nSPS) is 16.1. The highest BCUT2D eigenvalue weighted by Crippen LogP contribution is 2.32. The van der Waals surface area contributed by atoms with Gasteiger partial charge >= 0.3 is 0 Å². The molecule has 142 valence electrons. The van der Waals surface area contributed by atoms with E-state index in [1.54, 1.807) is 0 Å². The zero-order valence-corrected chi connectivity index (χ0v) is 16.6. The first-order chi connectivity index (χ1) is 12.8. The van der Waals surface area contributed by atoms with Gasteiger partial charge in [-0.15, -0.1) is 0 Å². The van der Waals surface area contributed by atoms with Crippen LogP contribution in [-0.4, -0.2) is 24.4 Å². The molecule has 0 spiro atoms. The molecule has 0 radical (unpaired) electrons. The van der Waals surface area contributed by atoms with Crippen molar-refractivity contribution in [3.05, 3.63) is 65.2 Å². The lowest BCUT2D eigenvalue weighted by molar-refractivity contribution is -0.118. The van der Waals surface area contributed by atoms with Crippen LogP contribution in [0.5, 0.6) is 0 Å². The Morgan fingerprint density at radius 2 is 1.74 bits per heavy atom. The fourth-order valence-electron chi connectivity index (χ4n) is 3.57. The van der Waals surface area contributed by atoms with Crippen molar-refractivity contribution in [2.24, 2.45) is 0 Å². The van der Waals surface area contributed by atoms with E-state index in [1.165, 1.54) is 11.1 Å². The second-order valence-corrected chi connectivity index (χ2v) is 8.28. The Morgan fingerprint density at radius 3 is 2.41 bits per heavy atom. The van der Waals surface area contributed by atoms with E-state index in [1.807, 2.05) is 47.4 Å². The fraction of sp³-hybridized carbons (Fsp3) is 0.391. The van der Waals surface area contributed by atoms with Crippen LogP contribution in [-0.2, 0) is 16.6 Å². The summed E-state index contributed by atoms with van der Waals surface area (Å²) in [5.41, 5.74) is 4.08. The third kappa shape index (κ3) is 4.21. The molecule has 1 atom stereocenters. The predicted molar refractivity (Wildman–Crippen MR) is 109 cm³/mol. The number of carbonyl (C=O) groups is 2. The van der Waals surface area contributed by atoms with Gasteiger partial charge in [-0.3, -0.25) is 9.59 Å². The number of hydrogen-bond acceptors (Lipinski definition) is 2. The van der Waals surface area contributed by atoms with Gasteiger partial charge in [-0.05, 0) is 48.1 Å².